The molecular formula is C14H15BrFeO5. The number of halogens is 1. The molecule has 0 aromatic carbocycles. The van der Waals surface area contributed by atoms with Gasteiger partial charge in [0, 0.05) is 41.3 Å². The Morgan fingerprint density at radius 3 is 2.14 bits per heavy atom. The summed E-state index contributed by atoms with van der Waals surface area (Å²) in [6.07, 6.45) is 10.4. The summed E-state index contributed by atoms with van der Waals surface area (Å²) in [6.45, 7) is 13.5. The molecule has 0 bridgehead atoms. The Morgan fingerprint density at radius 2 is 1.86 bits per heavy atom. The molecule has 0 spiro atoms. The van der Waals surface area contributed by atoms with E-state index in [9.17, 15) is 4.79 Å². The van der Waals surface area contributed by atoms with E-state index in [2.05, 4.69) is 35.9 Å². The zero-order chi connectivity index (χ0) is 16.4. The third-order valence-corrected chi connectivity index (χ3v) is 3.07. The molecule has 0 N–H and O–H groups in total. The van der Waals surface area contributed by atoms with E-state index in [0.717, 1.165) is 37.0 Å². The second-order valence-electron chi connectivity index (χ2n) is 3.49. The average Bonchev–Trinajstić information content (AvgIpc) is 2.59. The summed E-state index contributed by atoms with van der Waals surface area (Å²) < 4.78 is 27.6. The van der Waals surface area contributed by atoms with Crippen LogP contribution in [0.4, 0.5) is 0 Å². The van der Waals surface area contributed by atoms with Crippen LogP contribution in [0, 0.1) is 50.7 Å². The molecule has 0 aromatic heterocycles. The van der Waals surface area contributed by atoms with Gasteiger partial charge < -0.3 is 9.53 Å². The third kappa shape index (κ3) is 13.2. The molecule has 1 aliphatic rings. The average molecular weight is 399 g/mol. The van der Waals surface area contributed by atoms with Crippen molar-refractivity contribution in [2.24, 2.45) is 5.41 Å². The standard InChI is InChI=1S/C11H15BrO2.3CO.Fe/c1-14-10-3-6-11(9-13,7-4-10)5-2-8-12;3*1-2;/h3-4,6,9H,2,5,7-8H2,1H3;;;;. The minimum absolute atomic E-state index is 0. The van der Waals surface area contributed by atoms with Crippen molar-refractivity contribution in [3.8, 4) is 0 Å². The zero-order valence-corrected chi connectivity index (χ0v) is 14.1. The molecule has 1 aliphatic carbocycles. The van der Waals surface area contributed by atoms with Crippen molar-refractivity contribution in [2.45, 2.75) is 19.3 Å². The predicted octanol–water partition coefficient (Wildman–Crippen LogP) is 2.43. The molecule has 0 amide bonds. The molecule has 1 atom stereocenters. The normalized spacial score (nSPS) is 15.0. The van der Waals surface area contributed by atoms with Gasteiger partial charge in [-0.05, 0) is 32.1 Å². The first-order valence-corrected chi connectivity index (χ1v) is 6.45. The van der Waals surface area contributed by atoms with Gasteiger partial charge in [-0.15, -0.1) is 0 Å². The van der Waals surface area contributed by atoms with Gasteiger partial charge in [-0.3, -0.25) is 0 Å². The minimum atomic E-state index is -0.296. The van der Waals surface area contributed by atoms with Crippen LogP contribution < -0.4 is 0 Å². The fourth-order valence-electron chi connectivity index (χ4n) is 1.55. The van der Waals surface area contributed by atoms with E-state index in [-0.39, 0.29) is 22.5 Å². The summed E-state index contributed by atoms with van der Waals surface area (Å²) in [6, 6.07) is 0. The molecule has 1 saturated carbocycles. The number of aldehydes is 1. The quantitative estimate of drug-likeness (QED) is 0.234. The van der Waals surface area contributed by atoms with Crippen LogP contribution in [0.5, 0.6) is 0 Å². The number of carbonyl (C=O) groups excluding carboxylic acids is 1. The fourth-order valence-corrected chi connectivity index (χ4v) is 1.83. The van der Waals surface area contributed by atoms with E-state index in [1.165, 1.54) is 0 Å². The van der Waals surface area contributed by atoms with Gasteiger partial charge >= 0.3 is 33.9 Å². The van der Waals surface area contributed by atoms with Crippen LogP contribution in [-0.2, 0) is 40.6 Å². The van der Waals surface area contributed by atoms with Crippen molar-refractivity contribution in [1.29, 1.82) is 0 Å². The molecular weight excluding hydrogens is 384 g/mol. The number of methoxy groups -OCH3 is 1. The Hall–Kier alpha value is -0.151. The van der Waals surface area contributed by atoms with Gasteiger partial charge in [0.1, 0.15) is 12.4 Å². The van der Waals surface area contributed by atoms with E-state index < -0.39 is 0 Å². The topological polar surface area (TPSA) is 86.0 Å². The van der Waals surface area contributed by atoms with Gasteiger partial charge in [0.25, 0.3) is 0 Å². The number of alkyl halides is 1. The van der Waals surface area contributed by atoms with Gasteiger partial charge in [0.15, 0.2) is 0 Å². The Kier molecular flexibility index (Phi) is 30.5. The first-order valence-electron chi connectivity index (χ1n) is 5.33. The van der Waals surface area contributed by atoms with Gasteiger partial charge in [-0.1, -0.05) is 15.9 Å². The molecule has 116 valence electrons. The van der Waals surface area contributed by atoms with E-state index in [1.807, 2.05) is 19.3 Å². The summed E-state index contributed by atoms with van der Waals surface area (Å²) in [5, 5.41) is 0.942. The molecule has 4 radical (unpaired) electrons. The molecule has 1 unspecified atom stereocenters. The summed E-state index contributed by atoms with van der Waals surface area (Å²) >= 11 is 3.37. The molecule has 0 saturated heterocycles. The zero-order valence-electron chi connectivity index (χ0n) is 11.4. The molecule has 0 heterocycles. The predicted molar refractivity (Wildman–Crippen MR) is 71.1 cm³/mol. The van der Waals surface area contributed by atoms with Crippen LogP contribution in [0.3, 0.4) is 0 Å². The van der Waals surface area contributed by atoms with Crippen LogP contribution in [-0.4, -0.2) is 18.7 Å². The van der Waals surface area contributed by atoms with Crippen LogP contribution >= 0.6 is 15.9 Å². The van der Waals surface area contributed by atoms with E-state index in [0.29, 0.717) is 0 Å². The maximum Gasteiger partial charge on any atom is 0 e. The van der Waals surface area contributed by atoms with Crippen molar-refractivity contribution in [1.82, 2.24) is 0 Å². The molecule has 1 fully saturated rings. The second kappa shape index (κ2) is 22.1. The SMILES string of the molecule is CO[C]1[CH][CH]C(C=O)(CCCBr)C[CH]1.[C-]#[O+].[C-]#[O+].[C-]#[O+].[Fe]. The van der Waals surface area contributed by atoms with Gasteiger partial charge in [0.2, 0.25) is 0 Å². The van der Waals surface area contributed by atoms with Crippen LogP contribution in [0.15, 0.2) is 0 Å². The van der Waals surface area contributed by atoms with Gasteiger partial charge in [-0.2, -0.15) is 0 Å². The van der Waals surface area contributed by atoms with Crippen molar-refractivity contribution in [3.63, 3.8) is 0 Å². The molecule has 5 nitrogen and oxygen atoms in total. The van der Waals surface area contributed by atoms with Crippen molar-refractivity contribution in [2.75, 3.05) is 12.4 Å². The molecule has 21 heavy (non-hydrogen) atoms. The molecule has 1 rings (SSSR count). The molecule has 0 aromatic rings. The smallest absolute Gasteiger partial charge is 0 e. The monoisotopic (exact) mass is 398 g/mol. The summed E-state index contributed by atoms with van der Waals surface area (Å²) in [7, 11) is 1.64. The number of hydrogen-bond acceptors (Lipinski definition) is 2. The molecule has 0 aliphatic heterocycles. The van der Waals surface area contributed by atoms with Crippen LogP contribution in [0.25, 0.3) is 0 Å². The van der Waals surface area contributed by atoms with Crippen LogP contribution in [0.1, 0.15) is 19.3 Å². The second-order valence-corrected chi connectivity index (χ2v) is 4.28. The van der Waals surface area contributed by atoms with Crippen LogP contribution in [0.2, 0.25) is 0 Å². The Labute approximate surface area is 145 Å². The Bertz CT molecular complexity index is 269. The first-order chi connectivity index (χ1) is 9.76. The number of rotatable bonds is 5. The Balaban J connectivity index is -0.000000183. The maximum absolute atomic E-state index is 11.0. The fraction of sp³-hybridized carbons (Fsp3) is 0.429. The van der Waals surface area contributed by atoms with E-state index in [1.54, 1.807) is 7.11 Å². The van der Waals surface area contributed by atoms with Crippen molar-refractivity contribution >= 4 is 22.2 Å². The summed E-state index contributed by atoms with van der Waals surface area (Å²) in [5.41, 5.74) is -0.296. The van der Waals surface area contributed by atoms with Crippen molar-refractivity contribution < 1.29 is 40.6 Å². The molecule has 7 heteroatoms. The maximum atomic E-state index is 11.0. The first kappa shape index (κ1) is 28.9. The van der Waals surface area contributed by atoms with Gasteiger partial charge in [-0.25, -0.2) is 0 Å². The number of ether oxygens (including phenoxy) is 1. The van der Waals surface area contributed by atoms with E-state index in [4.69, 9.17) is 18.7 Å². The van der Waals surface area contributed by atoms with Crippen molar-refractivity contribution in [3.05, 3.63) is 45.3 Å². The summed E-state index contributed by atoms with van der Waals surface area (Å²) in [4.78, 5) is 11.0. The van der Waals surface area contributed by atoms with Gasteiger partial charge in [0.05, 0.1) is 0 Å². The minimum Gasteiger partial charge on any atom is 0 e. The summed E-state index contributed by atoms with van der Waals surface area (Å²) in [5.74, 6) is 0. The van der Waals surface area contributed by atoms with E-state index >= 15 is 0 Å². The third-order valence-electron chi connectivity index (χ3n) is 2.51. The largest absolute Gasteiger partial charge is 0 e. The number of hydrogen-bond donors (Lipinski definition) is 0. The Morgan fingerprint density at radius 1 is 1.33 bits per heavy atom. The number of carbonyl (C=O) groups is 1.